The number of aromatic nitrogens is 2. The highest BCUT2D eigenvalue weighted by Crippen LogP contribution is 2.27. The van der Waals surface area contributed by atoms with E-state index in [-0.39, 0.29) is 17.9 Å². The van der Waals surface area contributed by atoms with Crippen LogP contribution in [-0.4, -0.2) is 64.9 Å². The lowest BCUT2D eigenvalue weighted by atomic mass is 9.92. The molecule has 7 nitrogen and oxygen atoms in total. The maximum absolute atomic E-state index is 12.5. The van der Waals surface area contributed by atoms with Gasteiger partial charge >= 0.3 is 0 Å². The Bertz CT molecular complexity index is 588. The van der Waals surface area contributed by atoms with Crippen molar-refractivity contribution >= 4 is 5.91 Å². The van der Waals surface area contributed by atoms with Crippen LogP contribution in [0.2, 0.25) is 0 Å². The molecule has 2 saturated heterocycles. The summed E-state index contributed by atoms with van der Waals surface area (Å²) in [4.78, 5) is 25.6. The SMILES string of the molecule is CC(C)c1ncc(CN2CCCC2C2NNCC2C(=O)N(C)C)cn1. The zero-order valence-electron chi connectivity index (χ0n) is 15.7. The maximum Gasteiger partial charge on any atom is 0.228 e. The molecular formula is C18H30N6O. The molecule has 1 aromatic heterocycles. The van der Waals surface area contributed by atoms with E-state index < -0.39 is 0 Å². The summed E-state index contributed by atoms with van der Waals surface area (Å²) in [6.07, 6.45) is 6.17. The van der Waals surface area contributed by atoms with Crippen LogP contribution in [0.5, 0.6) is 0 Å². The van der Waals surface area contributed by atoms with E-state index in [1.165, 1.54) is 0 Å². The van der Waals surface area contributed by atoms with Crippen molar-refractivity contribution in [2.24, 2.45) is 5.92 Å². The van der Waals surface area contributed by atoms with Gasteiger partial charge in [0.1, 0.15) is 5.82 Å². The van der Waals surface area contributed by atoms with Crippen molar-refractivity contribution in [3.8, 4) is 0 Å². The minimum absolute atomic E-state index is 0.0137. The topological polar surface area (TPSA) is 73.4 Å². The molecule has 0 bridgehead atoms. The highest BCUT2D eigenvalue weighted by molar-refractivity contribution is 5.79. The monoisotopic (exact) mass is 346 g/mol. The van der Waals surface area contributed by atoms with Gasteiger partial charge in [0, 0.05) is 63.1 Å². The molecule has 0 aliphatic carbocycles. The number of carbonyl (C=O) groups excluding carboxylic acids is 1. The summed E-state index contributed by atoms with van der Waals surface area (Å²) in [5, 5.41) is 0. The first-order chi connectivity index (χ1) is 12.0. The van der Waals surface area contributed by atoms with E-state index in [0.717, 1.165) is 37.3 Å². The molecule has 2 fully saturated rings. The maximum atomic E-state index is 12.5. The Hall–Kier alpha value is -1.57. The van der Waals surface area contributed by atoms with Crippen LogP contribution in [-0.2, 0) is 11.3 Å². The summed E-state index contributed by atoms with van der Waals surface area (Å²) < 4.78 is 0. The van der Waals surface area contributed by atoms with Crippen molar-refractivity contribution in [3.63, 3.8) is 0 Å². The first-order valence-corrected chi connectivity index (χ1v) is 9.21. The highest BCUT2D eigenvalue weighted by Gasteiger charge is 2.42. The molecule has 3 atom stereocenters. The fourth-order valence-electron chi connectivity index (χ4n) is 3.89. The second-order valence-corrected chi connectivity index (χ2v) is 7.67. The minimum Gasteiger partial charge on any atom is -0.348 e. The first-order valence-electron chi connectivity index (χ1n) is 9.21. The van der Waals surface area contributed by atoms with Gasteiger partial charge in [-0.25, -0.2) is 9.97 Å². The second-order valence-electron chi connectivity index (χ2n) is 7.67. The van der Waals surface area contributed by atoms with E-state index in [4.69, 9.17) is 0 Å². The first kappa shape index (κ1) is 18.2. The van der Waals surface area contributed by atoms with Crippen LogP contribution in [0, 0.1) is 5.92 Å². The molecule has 1 aromatic rings. The molecule has 0 saturated carbocycles. The molecule has 0 radical (unpaired) electrons. The van der Waals surface area contributed by atoms with Crippen molar-refractivity contribution in [2.75, 3.05) is 27.2 Å². The predicted octanol–water partition coefficient (Wildman–Crippen LogP) is 0.745. The molecule has 0 aromatic carbocycles. The molecule has 3 heterocycles. The van der Waals surface area contributed by atoms with E-state index in [2.05, 4.69) is 39.6 Å². The lowest BCUT2D eigenvalue weighted by Gasteiger charge is -2.32. The molecule has 3 unspecified atom stereocenters. The van der Waals surface area contributed by atoms with Crippen LogP contribution < -0.4 is 10.9 Å². The molecule has 1 amide bonds. The van der Waals surface area contributed by atoms with Gasteiger partial charge in [0.2, 0.25) is 5.91 Å². The fraction of sp³-hybridized carbons (Fsp3) is 0.722. The largest absolute Gasteiger partial charge is 0.348 e. The van der Waals surface area contributed by atoms with Crippen LogP contribution in [0.15, 0.2) is 12.4 Å². The fourth-order valence-corrected chi connectivity index (χ4v) is 3.89. The van der Waals surface area contributed by atoms with Crippen LogP contribution >= 0.6 is 0 Å². The van der Waals surface area contributed by atoms with E-state index >= 15 is 0 Å². The third-order valence-electron chi connectivity index (χ3n) is 5.24. The Kier molecular flexibility index (Phi) is 5.66. The number of rotatable bonds is 5. The Morgan fingerprint density at radius 2 is 2.08 bits per heavy atom. The van der Waals surface area contributed by atoms with E-state index in [1.54, 1.807) is 4.90 Å². The van der Waals surface area contributed by atoms with Gasteiger partial charge in [-0.3, -0.25) is 20.5 Å². The summed E-state index contributed by atoms with van der Waals surface area (Å²) in [7, 11) is 3.66. The zero-order chi connectivity index (χ0) is 18.0. The Balaban J connectivity index is 1.68. The van der Waals surface area contributed by atoms with Gasteiger partial charge in [-0.15, -0.1) is 0 Å². The number of hydrogen-bond acceptors (Lipinski definition) is 6. The number of amides is 1. The van der Waals surface area contributed by atoms with Crippen molar-refractivity contribution < 1.29 is 4.79 Å². The van der Waals surface area contributed by atoms with Crippen LogP contribution in [0.3, 0.4) is 0 Å². The zero-order valence-corrected chi connectivity index (χ0v) is 15.7. The number of hydrogen-bond donors (Lipinski definition) is 2. The number of nitrogens with zero attached hydrogens (tertiary/aromatic N) is 4. The quantitative estimate of drug-likeness (QED) is 0.819. The van der Waals surface area contributed by atoms with Crippen LogP contribution in [0.1, 0.15) is 44.0 Å². The van der Waals surface area contributed by atoms with Gasteiger partial charge in [0.05, 0.1) is 5.92 Å². The average molecular weight is 346 g/mol. The van der Waals surface area contributed by atoms with Gasteiger partial charge in [0.25, 0.3) is 0 Å². The number of carbonyl (C=O) groups is 1. The Labute approximate surface area is 150 Å². The van der Waals surface area contributed by atoms with E-state index in [0.29, 0.717) is 18.5 Å². The molecular weight excluding hydrogens is 316 g/mol. The normalized spacial score (nSPS) is 27.2. The van der Waals surface area contributed by atoms with Crippen LogP contribution in [0.4, 0.5) is 0 Å². The van der Waals surface area contributed by atoms with Gasteiger partial charge < -0.3 is 4.90 Å². The minimum atomic E-state index is -0.0137. The van der Waals surface area contributed by atoms with Crippen molar-refractivity contribution in [3.05, 3.63) is 23.8 Å². The molecule has 3 rings (SSSR count). The van der Waals surface area contributed by atoms with E-state index in [1.807, 2.05) is 26.5 Å². The smallest absolute Gasteiger partial charge is 0.228 e. The van der Waals surface area contributed by atoms with Crippen molar-refractivity contribution in [1.29, 1.82) is 0 Å². The highest BCUT2D eigenvalue weighted by atomic mass is 16.2. The van der Waals surface area contributed by atoms with Gasteiger partial charge in [-0.2, -0.15) is 0 Å². The number of nitrogens with one attached hydrogen (secondary N) is 2. The molecule has 2 N–H and O–H groups in total. The summed E-state index contributed by atoms with van der Waals surface area (Å²) in [5.74, 6) is 1.42. The molecule has 2 aliphatic heterocycles. The number of likely N-dealkylation sites (tertiary alicyclic amines) is 1. The molecule has 25 heavy (non-hydrogen) atoms. The third-order valence-corrected chi connectivity index (χ3v) is 5.24. The Morgan fingerprint density at radius 3 is 2.72 bits per heavy atom. The molecule has 0 spiro atoms. The van der Waals surface area contributed by atoms with Gasteiger partial charge in [0.15, 0.2) is 0 Å². The van der Waals surface area contributed by atoms with Crippen molar-refractivity contribution in [2.45, 2.75) is 51.2 Å². The molecule has 7 heteroatoms. The van der Waals surface area contributed by atoms with Gasteiger partial charge in [-0.1, -0.05) is 13.8 Å². The Morgan fingerprint density at radius 1 is 1.36 bits per heavy atom. The van der Waals surface area contributed by atoms with Crippen molar-refractivity contribution in [1.82, 2.24) is 30.6 Å². The van der Waals surface area contributed by atoms with Crippen LogP contribution in [0.25, 0.3) is 0 Å². The second kappa shape index (κ2) is 7.76. The standard InChI is InChI=1S/C18H30N6O/c1-12(2)17-19-8-13(9-20-17)11-24-7-5-6-15(24)16-14(10-21-22-16)18(25)23(3)4/h8-9,12,14-16,21-22H,5-7,10-11H2,1-4H3. The summed E-state index contributed by atoms with van der Waals surface area (Å²) in [6, 6.07) is 0.502. The summed E-state index contributed by atoms with van der Waals surface area (Å²) >= 11 is 0. The predicted molar refractivity (Wildman–Crippen MR) is 96.7 cm³/mol. The number of hydrazine groups is 1. The lowest BCUT2D eigenvalue weighted by Crippen LogP contribution is -2.51. The molecule has 2 aliphatic rings. The summed E-state index contributed by atoms with van der Waals surface area (Å²) in [5.41, 5.74) is 7.68. The average Bonchev–Trinajstić information content (AvgIpc) is 3.23. The van der Waals surface area contributed by atoms with Gasteiger partial charge in [-0.05, 0) is 19.4 Å². The molecule has 138 valence electrons. The lowest BCUT2D eigenvalue weighted by molar-refractivity contribution is -0.133. The van der Waals surface area contributed by atoms with E-state index in [9.17, 15) is 4.79 Å². The third kappa shape index (κ3) is 3.99. The summed E-state index contributed by atoms with van der Waals surface area (Å²) in [6.45, 7) is 6.79.